The van der Waals surface area contributed by atoms with Gasteiger partial charge in [-0.3, -0.25) is 4.79 Å². The van der Waals surface area contributed by atoms with Crippen LogP contribution < -0.4 is 5.56 Å². The van der Waals surface area contributed by atoms with Crippen molar-refractivity contribution < 1.29 is 18.8 Å². The van der Waals surface area contributed by atoms with Gasteiger partial charge in [-0.15, -0.1) is 10.2 Å². The number of aryl methyl sites for hydroxylation is 2. The Morgan fingerprint density at radius 2 is 2.00 bits per heavy atom. The molecule has 0 amide bonds. The van der Waals surface area contributed by atoms with E-state index in [-0.39, 0.29) is 23.5 Å². The van der Waals surface area contributed by atoms with Crippen molar-refractivity contribution in [3.63, 3.8) is 0 Å². The third-order valence-corrected chi connectivity index (χ3v) is 4.64. The standard InChI is InChI=1S/C20H19FN4O4/c21-16-3-1-2-14(12-16)6-7-25-19(26)17-5-4-15(13-18(17)22-23-25)20(27)29-24-8-10-28-11-9-24/h1-5,12-13H,6-11H2. The van der Waals surface area contributed by atoms with E-state index in [4.69, 9.17) is 9.57 Å². The van der Waals surface area contributed by atoms with E-state index in [2.05, 4.69) is 10.3 Å². The molecule has 1 fully saturated rings. The molecular formula is C20H19FN4O4. The number of rotatable bonds is 5. The number of carbonyl (C=O) groups excluding carboxylic acids is 1. The molecule has 0 saturated carbocycles. The minimum absolute atomic E-state index is 0.270. The highest BCUT2D eigenvalue weighted by Gasteiger charge is 2.18. The molecule has 0 unspecified atom stereocenters. The molecule has 2 aromatic carbocycles. The number of hydrogen-bond donors (Lipinski definition) is 0. The zero-order chi connectivity index (χ0) is 20.2. The first kappa shape index (κ1) is 19.2. The highest BCUT2D eigenvalue weighted by Crippen LogP contribution is 2.12. The Labute approximate surface area is 165 Å². The molecule has 0 bridgehead atoms. The van der Waals surface area contributed by atoms with Crippen molar-refractivity contribution in [1.29, 1.82) is 0 Å². The minimum atomic E-state index is -0.522. The number of halogens is 1. The monoisotopic (exact) mass is 398 g/mol. The molecule has 9 heteroatoms. The number of benzene rings is 2. The molecular weight excluding hydrogens is 379 g/mol. The Kier molecular flexibility index (Phi) is 5.59. The Morgan fingerprint density at radius 3 is 2.79 bits per heavy atom. The molecule has 0 N–H and O–H groups in total. The van der Waals surface area contributed by atoms with Crippen LogP contribution in [0.4, 0.5) is 4.39 Å². The fourth-order valence-electron chi connectivity index (χ4n) is 3.09. The van der Waals surface area contributed by atoms with E-state index in [1.54, 1.807) is 23.3 Å². The highest BCUT2D eigenvalue weighted by atomic mass is 19.1. The van der Waals surface area contributed by atoms with Gasteiger partial charge >= 0.3 is 5.97 Å². The lowest BCUT2D eigenvalue weighted by Gasteiger charge is -2.24. The number of aromatic nitrogens is 3. The third-order valence-electron chi connectivity index (χ3n) is 4.64. The topological polar surface area (TPSA) is 86.5 Å². The van der Waals surface area contributed by atoms with Crippen LogP contribution in [-0.4, -0.2) is 52.3 Å². The minimum Gasteiger partial charge on any atom is -0.379 e. The molecule has 150 valence electrons. The van der Waals surface area contributed by atoms with Gasteiger partial charge in [-0.05, 0) is 42.3 Å². The van der Waals surface area contributed by atoms with Crippen LogP contribution in [0.2, 0.25) is 0 Å². The maximum atomic E-state index is 13.3. The van der Waals surface area contributed by atoms with E-state index in [9.17, 15) is 14.0 Å². The van der Waals surface area contributed by atoms with Crippen molar-refractivity contribution in [3.8, 4) is 0 Å². The first-order valence-electron chi connectivity index (χ1n) is 9.27. The number of hydroxylamine groups is 2. The second kappa shape index (κ2) is 8.46. The zero-order valence-corrected chi connectivity index (χ0v) is 15.6. The van der Waals surface area contributed by atoms with Crippen LogP contribution in [0, 0.1) is 5.82 Å². The van der Waals surface area contributed by atoms with E-state index in [0.29, 0.717) is 43.6 Å². The Balaban J connectivity index is 1.50. The van der Waals surface area contributed by atoms with Crippen molar-refractivity contribution in [3.05, 3.63) is 69.8 Å². The molecule has 0 atom stereocenters. The number of nitrogens with zero attached hydrogens (tertiary/aromatic N) is 4. The van der Waals surface area contributed by atoms with Crippen LogP contribution >= 0.6 is 0 Å². The molecule has 3 aromatic rings. The van der Waals surface area contributed by atoms with Crippen LogP contribution in [0.15, 0.2) is 47.3 Å². The fourth-order valence-corrected chi connectivity index (χ4v) is 3.09. The molecule has 1 aromatic heterocycles. The van der Waals surface area contributed by atoms with Gasteiger partial charge in [-0.25, -0.2) is 13.9 Å². The van der Waals surface area contributed by atoms with Gasteiger partial charge < -0.3 is 9.57 Å². The van der Waals surface area contributed by atoms with Gasteiger partial charge in [0.15, 0.2) is 0 Å². The summed E-state index contributed by atoms with van der Waals surface area (Å²) in [6, 6.07) is 10.8. The van der Waals surface area contributed by atoms with Gasteiger partial charge in [0.05, 0.1) is 43.8 Å². The van der Waals surface area contributed by atoms with Gasteiger partial charge in [0.2, 0.25) is 0 Å². The van der Waals surface area contributed by atoms with Crippen molar-refractivity contribution >= 4 is 16.9 Å². The molecule has 2 heterocycles. The maximum absolute atomic E-state index is 13.3. The molecule has 8 nitrogen and oxygen atoms in total. The second-order valence-corrected chi connectivity index (χ2v) is 6.65. The predicted molar refractivity (Wildman–Crippen MR) is 102 cm³/mol. The summed E-state index contributed by atoms with van der Waals surface area (Å²) >= 11 is 0. The first-order chi connectivity index (χ1) is 14.1. The molecule has 1 aliphatic heterocycles. The van der Waals surface area contributed by atoms with Crippen LogP contribution in [0.25, 0.3) is 10.9 Å². The lowest BCUT2D eigenvalue weighted by molar-refractivity contribution is -0.150. The molecule has 0 radical (unpaired) electrons. The summed E-state index contributed by atoms with van der Waals surface area (Å²) in [5.41, 5.74) is 1.04. The molecule has 29 heavy (non-hydrogen) atoms. The molecule has 0 spiro atoms. The number of morpholine rings is 1. The summed E-state index contributed by atoms with van der Waals surface area (Å²) in [5.74, 6) is -0.846. The molecule has 0 aliphatic carbocycles. The Bertz CT molecular complexity index is 1100. The average molecular weight is 398 g/mol. The highest BCUT2D eigenvalue weighted by molar-refractivity contribution is 5.93. The van der Waals surface area contributed by atoms with E-state index in [1.165, 1.54) is 28.9 Å². The Morgan fingerprint density at radius 1 is 1.17 bits per heavy atom. The SMILES string of the molecule is O=C(ON1CCOCC1)c1ccc2c(=O)n(CCc3cccc(F)c3)nnc2c1. The van der Waals surface area contributed by atoms with Gasteiger partial charge in [0, 0.05) is 0 Å². The number of carbonyl (C=O) groups is 1. The van der Waals surface area contributed by atoms with Crippen LogP contribution in [0.1, 0.15) is 15.9 Å². The van der Waals surface area contributed by atoms with Gasteiger partial charge in [-0.1, -0.05) is 17.3 Å². The van der Waals surface area contributed by atoms with Crippen molar-refractivity contribution in [2.24, 2.45) is 0 Å². The van der Waals surface area contributed by atoms with Gasteiger partial charge in [0.1, 0.15) is 11.3 Å². The predicted octanol–water partition coefficient (Wildman–Crippen LogP) is 1.58. The van der Waals surface area contributed by atoms with Crippen molar-refractivity contribution in [2.45, 2.75) is 13.0 Å². The Hall–Kier alpha value is -3.17. The normalized spacial score (nSPS) is 14.8. The molecule has 1 aliphatic rings. The first-order valence-corrected chi connectivity index (χ1v) is 9.27. The van der Waals surface area contributed by atoms with Gasteiger partial charge in [-0.2, -0.15) is 0 Å². The summed E-state index contributed by atoms with van der Waals surface area (Å²) in [4.78, 5) is 30.3. The summed E-state index contributed by atoms with van der Waals surface area (Å²) < 4.78 is 19.7. The van der Waals surface area contributed by atoms with E-state index in [1.807, 2.05) is 0 Å². The van der Waals surface area contributed by atoms with E-state index in [0.717, 1.165) is 5.56 Å². The fraction of sp³-hybridized carbons (Fsp3) is 0.300. The lowest BCUT2D eigenvalue weighted by atomic mass is 10.1. The zero-order valence-electron chi connectivity index (χ0n) is 15.6. The smallest absolute Gasteiger partial charge is 0.357 e. The van der Waals surface area contributed by atoms with E-state index >= 15 is 0 Å². The second-order valence-electron chi connectivity index (χ2n) is 6.65. The number of fused-ring (bicyclic) bond motifs is 1. The summed E-state index contributed by atoms with van der Waals surface area (Å²) in [6.07, 6.45) is 0.446. The van der Waals surface area contributed by atoms with Crippen LogP contribution in [0.5, 0.6) is 0 Å². The lowest BCUT2D eigenvalue weighted by Crippen LogP contribution is -2.37. The van der Waals surface area contributed by atoms with Crippen molar-refractivity contribution in [2.75, 3.05) is 26.3 Å². The number of ether oxygens (including phenoxy) is 1. The quantitative estimate of drug-likeness (QED) is 0.645. The summed E-state index contributed by atoms with van der Waals surface area (Å²) in [6.45, 7) is 2.30. The molecule has 4 rings (SSSR count). The largest absolute Gasteiger partial charge is 0.379 e. The average Bonchev–Trinajstić information content (AvgIpc) is 2.74. The number of hydrogen-bond acceptors (Lipinski definition) is 7. The molecule has 1 saturated heterocycles. The summed E-state index contributed by atoms with van der Waals surface area (Å²) in [7, 11) is 0. The van der Waals surface area contributed by atoms with E-state index < -0.39 is 5.97 Å². The van der Waals surface area contributed by atoms with Crippen LogP contribution in [-0.2, 0) is 22.5 Å². The van der Waals surface area contributed by atoms with Crippen LogP contribution in [0.3, 0.4) is 0 Å². The third kappa shape index (κ3) is 4.47. The van der Waals surface area contributed by atoms with Gasteiger partial charge in [0.25, 0.3) is 5.56 Å². The maximum Gasteiger partial charge on any atom is 0.357 e. The summed E-state index contributed by atoms with van der Waals surface area (Å²) in [5, 5.41) is 9.90. The van der Waals surface area contributed by atoms with Crippen molar-refractivity contribution in [1.82, 2.24) is 20.1 Å².